The molecular formula is C30H32O9. The van der Waals surface area contributed by atoms with Gasteiger partial charge in [0.2, 0.25) is 0 Å². The number of ether oxygens (including phenoxy) is 6. The predicted molar refractivity (Wildman–Crippen MR) is 140 cm³/mol. The van der Waals surface area contributed by atoms with Gasteiger partial charge in [-0.15, -0.1) is 0 Å². The van der Waals surface area contributed by atoms with E-state index in [4.69, 9.17) is 28.4 Å². The zero-order chi connectivity index (χ0) is 27.5. The Balaban J connectivity index is 1.39. The van der Waals surface area contributed by atoms with Gasteiger partial charge in [0.25, 0.3) is 0 Å². The molecule has 0 unspecified atom stereocenters. The fraction of sp³-hybridized carbons (Fsp3) is 0.300. The molecule has 3 aromatic carbocycles. The van der Waals surface area contributed by atoms with Crippen molar-refractivity contribution in [2.75, 3.05) is 33.0 Å². The van der Waals surface area contributed by atoms with Gasteiger partial charge in [0.05, 0.1) is 13.2 Å². The molecule has 0 bridgehead atoms. The van der Waals surface area contributed by atoms with Gasteiger partial charge in [-0.05, 0) is 16.7 Å². The second-order valence-electron chi connectivity index (χ2n) is 8.40. The highest BCUT2D eigenvalue weighted by atomic mass is 16.6. The monoisotopic (exact) mass is 536 g/mol. The molecule has 0 N–H and O–H groups in total. The van der Waals surface area contributed by atoms with E-state index in [1.54, 1.807) is 0 Å². The van der Waals surface area contributed by atoms with Crippen LogP contribution in [0.4, 0.5) is 0 Å². The minimum Gasteiger partial charge on any atom is -0.459 e. The Hall–Kier alpha value is -4.05. The first-order chi connectivity index (χ1) is 19.1. The first-order valence-corrected chi connectivity index (χ1v) is 12.4. The molecule has 39 heavy (non-hydrogen) atoms. The summed E-state index contributed by atoms with van der Waals surface area (Å²) in [5, 5.41) is 0. The van der Waals surface area contributed by atoms with Crippen molar-refractivity contribution in [3.63, 3.8) is 0 Å². The van der Waals surface area contributed by atoms with Gasteiger partial charge in [-0.3, -0.25) is 0 Å². The third-order valence-corrected chi connectivity index (χ3v) is 5.21. The summed E-state index contributed by atoms with van der Waals surface area (Å²) in [6.07, 6.45) is -0.752. The lowest BCUT2D eigenvalue weighted by molar-refractivity contribution is -0.162. The number of hydrogen-bond acceptors (Lipinski definition) is 9. The Kier molecular flexibility index (Phi) is 13.2. The smallest absolute Gasteiger partial charge is 0.332 e. The van der Waals surface area contributed by atoms with Crippen LogP contribution in [-0.2, 0) is 62.6 Å². The highest BCUT2D eigenvalue weighted by molar-refractivity contribution is 5.71. The van der Waals surface area contributed by atoms with E-state index in [0.29, 0.717) is 0 Å². The number of benzene rings is 3. The van der Waals surface area contributed by atoms with Crippen LogP contribution in [0.2, 0.25) is 0 Å². The Labute approximate surface area is 227 Å². The summed E-state index contributed by atoms with van der Waals surface area (Å²) in [5.74, 6) is -1.68. The van der Waals surface area contributed by atoms with Crippen LogP contribution in [0.25, 0.3) is 0 Å². The van der Waals surface area contributed by atoms with E-state index in [2.05, 4.69) is 0 Å². The molecule has 0 radical (unpaired) electrons. The van der Waals surface area contributed by atoms with E-state index in [1.165, 1.54) is 0 Å². The maximum atomic E-state index is 12.1. The zero-order valence-electron chi connectivity index (χ0n) is 21.6. The highest BCUT2D eigenvalue weighted by Gasteiger charge is 2.16. The first kappa shape index (κ1) is 29.5. The van der Waals surface area contributed by atoms with E-state index in [1.807, 2.05) is 91.0 Å². The lowest BCUT2D eigenvalue weighted by atomic mass is 10.2. The maximum Gasteiger partial charge on any atom is 0.332 e. The van der Waals surface area contributed by atoms with Crippen LogP contribution in [0.3, 0.4) is 0 Å². The van der Waals surface area contributed by atoms with Gasteiger partial charge in [-0.1, -0.05) is 91.0 Å². The maximum absolute atomic E-state index is 12.1. The molecule has 0 saturated heterocycles. The standard InChI is InChI=1S/C30H32O9/c31-28(37-16-24-10-4-1-5-11-24)21-34-19-27(36-23-30(33)39-18-26-14-8-3-9-15-26)20-35-22-29(32)38-17-25-12-6-2-7-13-25/h1-15,27H,16-23H2. The molecule has 0 aromatic heterocycles. The molecule has 9 heteroatoms. The summed E-state index contributed by atoms with van der Waals surface area (Å²) in [6, 6.07) is 27.8. The van der Waals surface area contributed by atoms with Gasteiger partial charge >= 0.3 is 17.9 Å². The van der Waals surface area contributed by atoms with Crippen LogP contribution in [-0.4, -0.2) is 57.0 Å². The fourth-order valence-electron chi connectivity index (χ4n) is 3.22. The molecule has 0 atom stereocenters. The lowest BCUT2D eigenvalue weighted by Gasteiger charge is -2.18. The van der Waals surface area contributed by atoms with E-state index in [0.717, 1.165) is 16.7 Å². The molecule has 206 valence electrons. The van der Waals surface area contributed by atoms with Crippen molar-refractivity contribution in [1.82, 2.24) is 0 Å². The zero-order valence-corrected chi connectivity index (χ0v) is 21.6. The normalized spacial score (nSPS) is 10.7. The van der Waals surface area contributed by atoms with Crippen molar-refractivity contribution in [3.8, 4) is 0 Å². The Morgan fingerprint density at radius 1 is 0.487 bits per heavy atom. The van der Waals surface area contributed by atoms with Gasteiger partial charge in [0.15, 0.2) is 0 Å². The Morgan fingerprint density at radius 3 is 1.18 bits per heavy atom. The molecule has 0 fully saturated rings. The summed E-state index contributed by atoms with van der Waals surface area (Å²) in [4.78, 5) is 36.2. The van der Waals surface area contributed by atoms with Crippen LogP contribution in [0.15, 0.2) is 91.0 Å². The fourth-order valence-corrected chi connectivity index (χ4v) is 3.22. The van der Waals surface area contributed by atoms with Crippen molar-refractivity contribution in [2.24, 2.45) is 0 Å². The number of carbonyl (C=O) groups excluding carboxylic acids is 3. The molecule has 3 aromatic rings. The molecule has 0 heterocycles. The van der Waals surface area contributed by atoms with Crippen LogP contribution < -0.4 is 0 Å². The number of rotatable bonds is 17. The third kappa shape index (κ3) is 12.8. The van der Waals surface area contributed by atoms with Crippen molar-refractivity contribution < 1.29 is 42.8 Å². The largest absolute Gasteiger partial charge is 0.459 e. The number of carbonyl (C=O) groups is 3. The van der Waals surface area contributed by atoms with Crippen LogP contribution >= 0.6 is 0 Å². The summed E-state index contributed by atoms with van der Waals surface area (Å²) >= 11 is 0. The summed E-state index contributed by atoms with van der Waals surface area (Å²) in [6.45, 7) is -0.775. The van der Waals surface area contributed by atoms with Gasteiger partial charge in [-0.25, -0.2) is 14.4 Å². The molecule has 0 saturated carbocycles. The van der Waals surface area contributed by atoms with Gasteiger partial charge < -0.3 is 28.4 Å². The van der Waals surface area contributed by atoms with Crippen molar-refractivity contribution in [3.05, 3.63) is 108 Å². The molecule has 3 rings (SSSR count). The van der Waals surface area contributed by atoms with Crippen LogP contribution in [0.1, 0.15) is 16.7 Å². The second-order valence-corrected chi connectivity index (χ2v) is 8.40. The van der Waals surface area contributed by atoms with Crippen LogP contribution in [0, 0.1) is 0 Å². The lowest BCUT2D eigenvalue weighted by Crippen LogP contribution is -2.31. The highest BCUT2D eigenvalue weighted by Crippen LogP contribution is 2.05. The van der Waals surface area contributed by atoms with Gasteiger partial charge in [0, 0.05) is 0 Å². The average molecular weight is 537 g/mol. The van der Waals surface area contributed by atoms with Gasteiger partial charge in [0.1, 0.15) is 45.7 Å². The van der Waals surface area contributed by atoms with Crippen LogP contribution in [0.5, 0.6) is 0 Å². The number of hydrogen-bond donors (Lipinski definition) is 0. The first-order valence-electron chi connectivity index (χ1n) is 12.4. The Bertz CT molecular complexity index is 1060. The van der Waals surface area contributed by atoms with E-state index in [9.17, 15) is 14.4 Å². The number of esters is 3. The van der Waals surface area contributed by atoms with E-state index in [-0.39, 0.29) is 52.9 Å². The minimum atomic E-state index is -0.752. The SMILES string of the molecule is O=C(COCC(COCC(=O)OCc1ccccc1)OCC(=O)OCc1ccccc1)OCc1ccccc1. The summed E-state index contributed by atoms with van der Waals surface area (Å²) in [7, 11) is 0. The van der Waals surface area contributed by atoms with E-state index >= 15 is 0 Å². The molecule has 0 spiro atoms. The topological polar surface area (TPSA) is 107 Å². The predicted octanol–water partition coefficient (Wildman–Crippen LogP) is 3.64. The summed E-state index contributed by atoms with van der Waals surface area (Å²) in [5.41, 5.74) is 2.55. The molecule has 0 amide bonds. The molecular weight excluding hydrogens is 504 g/mol. The molecule has 0 aliphatic carbocycles. The molecule has 0 aliphatic heterocycles. The molecule has 0 aliphatic rings. The van der Waals surface area contributed by atoms with Gasteiger partial charge in [-0.2, -0.15) is 0 Å². The van der Waals surface area contributed by atoms with Crippen molar-refractivity contribution >= 4 is 17.9 Å². The quantitative estimate of drug-likeness (QED) is 0.189. The van der Waals surface area contributed by atoms with Crippen molar-refractivity contribution in [2.45, 2.75) is 25.9 Å². The molecule has 9 nitrogen and oxygen atoms in total. The van der Waals surface area contributed by atoms with E-state index < -0.39 is 24.0 Å². The summed E-state index contributed by atoms with van der Waals surface area (Å²) < 4.78 is 32.0. The third-order valence-electron chi connectivity index (χ3n) is 5.21. The van der Waals surface area contributed by atoms with Crippen molar-refractivity contribution in [1.29, 1.82) is 0 Å². The second kappa shape index (κ2) is 17.5. The minimum absolute atomic E-state index is 0.0779. The average Bonchev–Trinajstić information content (AvgIpc) is 2.98. The Morgan fingerprint density at radius 2 is 0.821 bits per heavy atom.